The third-order valence-corrected chi connectivity index (χ3v) is 3.50. The Kier molecular flexibility index (Phi) is 2.07. The largest absolute Gasteiger partial charge is 0.399 e. The molecule has 0 spiro atoms. The number of nitrogens with one attached hydrogen (secondary N) is 1. The Morgan fingerprint density at radius 2 is 1.59 bits per heavy atom. The molecular weight excluding hydrogens is 218 g/mol. The molecule has 17 heavy (non-hydrogen) atoms. The number of anilines is 2. The van der Waals surface area contributed by atoms with Gasteiger partial charge in [-0.2, -0.15) is 0 Å². The second-order valence-electron chi connectivity index (χ2n) is 4.56. The van der Waals surface area contributed by atoms with Crippen molar-refractivity contribution in [2.45, 2.75) is 0 Å². The zero-order chi connectivity index (χ0) is 12.0. The summed E-state index contributed by atoms with van der Waals surface area (Å²) in [5.41, 5.74) is 7.34. The molecule has 0 bridgehead atoms. The Hall–Kier alpha value is -2.04. The average molecular weight is 231 g/mol. The molecule has 0 radical (unpaired) electrons. The van der Waals surface area contributed by atoms with Crippen LogP contribution in [0.2, 0.25) is 0 Å². The third kappa shape index (κ3) is 1.54. The SMILES string of the molecule is Nc1ccc(N2CC3C(=O)NC(=O)C3C2)cc1. The van der Waals surface area contributed by atoms with Crippen molar-refractivity contribution in [1.29, 1.82) is 0 Å². The van der Waals surface area contributed by atoms with Crippen molar-refractivity contribution in [3.05, 3.63) is 24.3 Å². The van der Waals surface area contributed by atoms with E-state index in [4.69, 9.17) is 5.73 Å². The first kappa shape index (κ1) is 10.1. The monoisotopic (exact) mass is 231 g/mol. The molecule has 0 saturated carbocycles. The normalized spacial score (nSPS) is 27.2. The summed E-state index contributed by atoms with van der Waals surface area (Å²) >= 11 is 0. The van der Waals surface area contributed by atoms with Crippen LogP contribution in [0.5, 0.6) is 0 Å². The number of nitrogen functional groups attached to an aromatic ring is 1. The van der Waals surface area contributed by atoms with Crippen LogP contribution in [0.3, 0.4) is 0 Å². The van der Waals surface area contributed by atoms with E-state index >= 15 is 0 Å². The number of hydrogen-bond acceptors (Lipinski definition) is 4. The summed E-state index contributed by atoms with van der Waals surface area (Å²) in [6, 6.07) is 7.48. The van der Waals surface area contributed by atoms with Crippen molar-refractivity contribution in [2.75, 3.05) is 23.7 Å². The molecule has 0 aromatic heterocycles. The van der Waals surface area contributed by atoms with E-state index in [0.29, 0.717) is 18.8 Å². The molecule has 2 amide bonds. The molecule has 3 rings (SSSR count). The summed E-state index contributed by atoms with van der Waals surface area (Å²) in [6.45, 7) is 1.21. The highest BCUT2D eigenvalue weighted by atomic mass is 16.2. The van der Waals surface area contributed by atoms with Gasteiger partial charge in [-0.25, -0.2) is 0 Å². The smallest absolute Gasteiger partial charge is 0.232 e. The number of nitrogens with zero attached hydrogens (tertiary/aromatic N) is 1. The van der Waals surface area contributed by atoms with Crippen molar-refractivity contribution in [2.24, 2.45) is 11.8 Å². The van der Waals surface area contributed by atoms with Gasteiger partial charge in [-0.15, -0.1) is 0 Å². The van der Waals surface area contributed by atoms with Gasteiger partial charge in [0.05, 0.1) is 11.8 Å². The number of hydrogen-bond donors (Lipinski definition) is 2. The minimum atomic E-state index is -0.194. The van der Waals surface area contributed by atoms with E-state index in [1.165, 1.54) is 0 Å². The van der Waals surface area contributed by atoms with Crippen LogP contribution in [-0.4, -0.2) is 24.9 Å². The Morgan fingerprint density at radius 1 is 1.06 bits per heavy atom. The number of carbonyl (C=O) groups excluding carboxylic acids is 2. The maximum absolute atomic E-state index is 11.5. The fraction of sp³-hybridized carbons (Fsp3) is 0.333. The predicted octanol–water partition coefficient (Wildman–Crippen LogP) is -0.0224. The minimum Gasteiger partial charge on any atom is -0.399 e. The molecule has 2 atom stereocenters. The lowest BCUT2D eigenvalue weighted by Gasteiger charge is -2.19. The molecule has 2 heterocycles. The van der Waals surface area contributed by atoms with Gasteiger partial charge in [0.15, 0.2) is 0 Å². The molecule has 0 aliphatic carbocycles. The molecule has 2 aliphatic rings. The second-order valence-corrected chi connectivity index (χ2v) is 4.56. The van der Waals surface area contributed by atoms with Crippen LogP contribution < -0.4 is 16.0 Å². The van der Waals surface area contributed by atoms with E-state index < -0.39 is 0 Å². The quantitative estimate of drug-likeness (QED) is 0.526. The van der Waals surface area contributed by atoms with E-state index in [9.17, 15) is 9.59 Å². The lowest BCUT2D eigenvalue weighted by atomic mass is 10.00. The summed E-state index contributed by atoms with van der Waals surface area (Å²) in [5.74, 6) is -0.670. The number of benzene rings is 1. The standard InChI is InChI=1S/C12H13N3O2/c13-7-1-3-8(4-2-7)15-5-9-10(6-15)12(17)14-11(9)16/h1-4,9-10H,5-6,13H2,(H,14,16,17). The van der Waals surface area contributed by atoms with Crippen molar-refractivity contribution >= 4 is 23.2 Å². The zero-order valence-electron chi connectivity index (χ0n) is 9.22. The lowest BCUT2D eigenvalue weighted by Crippen LogP contribution is -2.31. The number of rotatable bonds is 1. The van der Waals surface area contributed by atoms with Crippen molar-refractivity contribution in [3.63, 3.8) is 0 Å². The molecule has 1 aromatic carbocycles. The van der Waals surface area contributed by atoms with Gasteiger partial charge in [0.25, 0.3) is 0 Å². The highest BCUT2D eigenvalue weighted by Crippen LogP contribution is 2.32. The Morgan fingerprint density at radius 3 is 2.12 bits per heavy atom. The van der Waals surface area contributed by atoms with Gasteiger partial charge >= 0.3 is 0 Å². The fourth-order valence-corrected chi connectivity index (χ4v) is 2.54. The second kappa shape index (κ2) is 3.48. The number of imide groups is 1. The van der Waals surface area contributed by atoms with Crippen LogP contribution in [0.4, 0.5) is 11.4 Å². The first-order valence-electron chi connectivity index (χ1n) is 5.60. The molecule has 3 N–H and O–H groups in total. The highest BCUT2D eigenvalue weighted by molar-refractivity contribution is 6.06. The molecule has 1 aromatic rings. The molecule has 5 nitrogen and oxygen atoms in total. The summed E-state index contributed by atoms with van der Waals surface area (Å²) in [4.78, 5) is 25.1. The predicted molar refractivity (Wildman–Crippen MR) is 63.2 cm³/mol. The van der Waals surface area contributed by atoms with Crippen molar-refractivity contribution in [3.8, 4) is 0 Å². The third-order valence-electron chi connectivity index (χ3n) is 3.50. The van der Waals surface area contributed by atoms with Gasteiger partial charge in [0, 0.05) is 24.5 Å². The topological polar surface area (TPSA) is 75.4 Å². The van der Waals surface area contributed by atoms with E-state index in [0.717, 1.165) is 5.69 Å². The molecule has 88 valence electrons. The fourth-order valence-electron chi connectivity index (χ4n) is 2.54. The van der Waals surface area contributed by atoms with E-state index in [1.54, 1.807) is 0 Å². The molecule has 2 unspecified atom stereocenters. The van der Waals surface area contributed by atoms with Gasteiger partial charge in [0.2, 0.25) is 11.8 Å². The number of amides is 2. The van der Waals surface area contributed by atoms with Gasteiger partial charge in [0.1, 0.15) is 0 Å². The zero-order valence-corrected chi connectivity index (χ0v) is 9.22. The van der Waals surface area contributed by atoms with Crippen LogP contribution in [0.25, 0.3) is 0 Å². The number of fused-ring (bicyclic) bond motifs is 1. The summed E-state index contributed by atoms with van der Waals surface area (Å²) in [6.07, 6.45) is 0. The van der Waals surface area contributed by atoms with E-state index in [-0.39, 0.29) is 23.7 Å². The minimum absolute atomic E-state index is 0.141. The van der Waals surface area contributed by atoms with Gasteiger partial charge in [-0.1, -0.05) is 0 Å². The average Bonchev–Trinajstić information content (AvgIpc) is 2.83. The maximum atomic E-state index is 11.5. The molecule has 2 saturated heterocycles. The molecule has 5 heteroatoms. The van der Waals surface area contributed by atoms with Crippen LogP contribution in [0.15, 0.2) is 24.3 Å². The summed E-state index contributed by atoms with van der Waals surface area (Å²) in [5, 5.41) is 2.38. The van der Waals surface area contributed by atoms with Crippen LogP contribution in [0, 0.1) is 11.8 Å². The summed E-state index contributed by atoms with van der Waals surface area (Å²) in [7, 11) is 0. The van der Waals surface area contributed by atoms with Crippen molar-refractivity contribution in [1.82, 2.24) is 5.32 Å². The molecular formula is C12H13N3O2. The highest BCUT2D eigenvalue weighted by Gasteiger charge is 2.47. The first-order valence-corrected chi connectivity index (χ1v) is 5.60. The van der Waals surface area contributed by atoms with E-state index in [1.807, 2.05) is 24.3 Å². The Labute approximate surface area is 98.6 Å². The van der Waals surface area contributed by atoms with Crippen LogP contribution in [0.1, 0.15) is 0 Å². The first-order chi connectivity index (χ1) is 8.15. The van der Waals surface area contributed by atoms with Crippen LogP contribution in [-0.2, 0) is 9.59 Å². The van der Waals surface area contributed by atoms with Gasteiger partial charge < -0.3 is 10.6 Å². The summed E-state index contributed by atoms with van der Waals surface area (Å²) < 4.78 is 0. The Balaban J connectivity index is 1.83. The lowest BCUT2D eigenvalue weighted by molar-refractivity contribution is -0.126. The van der Waals surface area contributed by atoms with Crippen LogP contribution >= 0.6 is 0 Å². The molecule has 2 fully saturated rings. The number of carbonyl (C=O) groups is 2. The number of nitrogens with two attached hydrogens (primary N) is 1. The Bertz CT molecular complexity index is 461. The van der Waals surface area contributed by atoms with Gasteiger partial charge in [-0.3, -0.25) is 14.9 Å². The van der Waals surface area contributed by atoms with E-state index in [2.05, 4.69) is 10.2 Å². The maximum Gasteiger partial charge on any atom is 0.232 e. The van der Waals surface area contributed by atoms with Crippen molar-refractivity contribution < 1.29 is 9.59 Å². The molecule has 2 aliphatic heterocycles. The van der Waals surface area contributed by atoms with Gasteiger partial charge in [-0.05, 0) is 24.3 Å².